The second kappa shape index (κ2) is 7.20. The molecule has 0 unspecified atom stereocenters. The van der Waals surface area contributed by atoms with E-state index in [0.29, 0.717) is 11.4 Å². The van der Waals surface area contributed by atoms with Gasteiger partial charge in [0.1, 0.15) is 5.60 Å². The maximum absolute atomic E-state index is 11.7. The third-order valence-electron chi connectivity index (χ3n) is 3.22. The fourth-order valence-corrected chi connectivity index (χ4v) is 2.15. The van der Waals surface area contributed by atoms with E-state index in [1.807, 2.05) is 18.2 Å². The molecular formula is C17H16ClNO3. The zero-order valence-electron chi connectivity index (χ0n) is 11.8. The number of allylic oxidation sites excluding steroid dienone is 2. The minimum absolute atomic E-state index is 0.156. The van der Waals surface area contributed by atoms with Crippen molar-refractivity contribution in [2.24, 2.45) is 0 Å². The summed E-state index contributed by atoms with van der Waals surface area (Å²) in [4.78, 5) is 22.7. The van der Waals surface area contributed by atoms with Gasteiger partial charge in [0.05, 0.1) is 0 Å². The van der Waals surface area contributed by atoms with E-state index >= 15 is 0 Å². The van der Waals surface area contributed by atoms with E-state index in [2.05, 4.69) is 5.32 Å². The minimum atomic E-state index is -1.19. The van der Waals surface area contributed by atoms with Crippen molar-refractivity contribution in [3.05, 3.63) is 65.2 Å². The first kappa shape index (κ1) is 16.2. The van der Waals surface area contributed by atoms with Gasteiger partial charge in [-0.2, -0.15) is 0 Å². The van der Waals surface area contributed by atoms with Gasteiger partial charge in [0.25, 0.3) is 0 Å². The number of halogens is 1. The lowest BCUT2D eigenvalue weighted by Crippen LogP contribution is -2.32. The largest absolute Gasteiger partial charge is 0.382 e. The summed E-state index contributed by atoms with van der Waals surface area (Å²) < 4.78 is 0. The zero-order valence-corrected chi connectivity index (χ0v) is 12.6. The van der Waals surface area contributed by atoms with Gasteiger partial charge in [-0.3, -0.25) is 9.59 Å². The number of rotatable bonds is 5. The van der Waals surface area contributed by atoms with Crippen molar-refractivity contribution < 1.29 is 14.7 Å². The van der Waals surface area contributed by atoms with Crippen LogP contribution < -0.4 is 5.32 Å². The molecule has 0 radical (unpaired) electrons. The van der Waals surface area contributed by atoms with E-state index in [9.17, 15) is 14.7 Å². The first-order chi connectivity index (χ1) is 10.5. The Hall–Kier alpha value is -2.17. The van der Waals surface area contributed by atoms with Crippen LogP contribution in [0.4, 0.5) is 0 Å². The van der Waals surface area contributed by atoms with Gasteiger partial charge in [0, 0.05) is 24.1 Å². The molecule has 1 amide bonds. The standard InChI is InChI=1S/C17H16ClNO3/c18-15-4-2-1-3-13(15)5-6-16(21)19-12-11-17(22)9-7-14(20)8-10-17/h1-10,22H,11-12H2,(H,19,21)/b6-5+. The predicted molar refractivity (Wildman–Crippen MR) is 86.3 cm³/mol. The molecule has 0 heterocycles. The SMILES string of the molecule is O=C1C=CC(O)(CCNC(=O)/C=C/c2ccccc2Cl)C=C1. The first-order valence-corrected chi connectivity index (χ1v) is 7.22. The zero-order chi connectivity index (χ0) is 16.0. The highest BCUT2D eigenvalue weighted by atomic mass is 35.5. The second-order valence-corrected chi connectivity index (χ2v) is 5.36. The number of hydrogen-bond acceptors (Lipinski definition) is 3. The van der Waals surface area contributed by atoms with Gasteiger partial charge in [-0.1, -0.05) is 29.8 Å². The number of hydrogen-bond donors (Lipinski definition) is 2. The normalized spacial score (nSPS) is 16.2. The summed E-state index contributed by atoms with van der Waals surface area (Å²) >= 11 is 5.98. The summed E-state index contributed by atoms with van der Waals surface area (Å²) in [6.45, 7) is 0.283. The molecule has 4 nitrogen and oxygen atoms in total. The minimum Gasteiger partial charge on any atom is -0.382 e. The fourth-order valence-electron chi connectivity index (χ4n) is 1.95. The fraction of sp³-hybridized carbons (Fsp3) is 0.176. The average Bonchev–Trinajstić information content (AvgIpc) is 2.50. The summed E-state index contributed by atoms with van der Waals surface area (Å²) in [5, 5.41) is 13.4. The number of carbonyl (C=O) groups excluding carboxylic acids is 2. The van der Waals surface area contributed by atoms with Crippen molar-refractivity contribution in [3.63, 3.8) is 0 Å². The molecular weight excluding hydrogens is 302 g/mol. The Morgan fingerprint density at radius 1 is 1.27 bits per heavy atom. The number of aliphatic hydroxyl groups is 1. The third kappa shape index (κ3) is 4.69. The second-order valence-electron chi connectivity index (χ2n) is 4.96. The summed E-state index contributed by atoms with van der Waals surface area (Å²) in [5.74, 6) is -0.431. The van der Waals surface area contributed by atoms with E-state index in [1.54, 1.807) is 12.1 Å². The Bertz CT molecular complexity index is 646. The average molecular weight is 318 g/mol. The molecule has 0 spiro atoms. The molecule has 2 rings (SSSR count). The van der Waals surface area contributed by atoms with Crippen LogP contribution in [0.1, 0.15) is 12.0 Å². The van der Waals surface area contributed by atoms with Gasteiger partial charge in [0.15, 0.2) is 5.78 Å². The molecule has 1 aromatic rings. The predicted octanol–water partition coefficient (Wildman–Crippen LogP) is 2.29. The smallest absolute Gasteiger partial charge is 0.244 e. The monoisotopic (exact) mass is 317 g/mol. The molecule has 0 aliphatic heterocycles. The Balaban J connectivity index is 1.81. The van der Waals surface area contributed by atoms with Crippen LogP contribution in [-0.2, 0) is 9.59 Å². The van der Waals surface area contributed by atoms with Crippen molar-refractivity contribution in [2.45, 2.75) is 12.0 Å². The van der Waals surface area contributed by atoms with Gasteiger partial charge in [-0.25, -0.2) is 0 Å². The quantitative estimate of drug-likeness (QED) is 0.819. The molecule has 0 aromatic heterocycles. The summed E-state index contributed by atoms with van der Waals surface area (Å²) in [6, 6.07) is 7.21. The lowest BCUT2D eigenvalue weighted by Gasteiger charge is -2.22. The molecule has 1 aromatic carbocycles. The molecule has 5 heteroatoms. The highest BCUT2D eigenvalue weighted by Gasteiger charge is 2.22. The molecule has 1 aliphatic carbocycles. The van der Waals surface area contributed by atoms with Crippen LogP contribution in [0.2, 0.25) is 5.02 Å². The Morgan fingerprint density at radius 3 is 2.64 bits per heavy atom. The van der Waals surface area contributed by atoms with Crippen LogP contribution >= 0.6 is 11.6 Å². The maximum atomic E-state index is 11.7. The first-order valence-electron chi connectivity index (χ1n) is 6.84. The number of ketones is 1. The highest BCUT2D eigenvalue weighted by molar-refractivity contribution is 6.32. The molecule has 22 heavy (non-hydrogen) atoms. The number of carbonyl (C=O) groups is 2. The topological polar surface area (TPSA) is 66.4 Å². The van der Waals surface area contributed by atoms with Crippen LogP contribution in [0.3, 0.4) is 0 Å². The third-order valence-corrected chi connectivity index (χ3v) is 3.56. The molecule has 114 valence electrons. The molecule has 1 aliphatic rings. The van der Waals surface area contributed by atoms with Gasteiger partial charge < -0.3 is 10.4 Å². The molecule has 2 N–H and O–H groups in total. The van der Waals surface area contributed by atoms with Gasteiger partial charge in [-0.05, 0) is 42.0 Å². The van der Waals surface area contributed by atoms with Crippen LogP contribution in [-0.4, -0.2) is 28.9 Å². The lowest BCUT2D eigenvalue weighted by atomic mass is 9.94. The van der Waals surface area contributed by atoms with E-state index < -0.39 is 5.60 Å². The lowest BCUT2D eigenvalue weighted by molar-refractivity contribution is -0.116. The van der Waals surface area contributed by atoms with Crippen LogP contribution in [0.5, 0.6) is 0 Å². The van der Waals surface area contributed by atoms with E-state index in [-0.39, 0.29) is 18.2 Å². The number of benzene rings is 1. The van der Waals surface area contributed by atoms with Crippen molar-refractivity contribution in [1.29, 1.82) is 0 Å². The van der Waals surface area contributed by atoms with Crippen molar-refractivity contribution in [2.75, 3.05) is 6.54 Å². The van der Waals surface area contributed by atoms with Crippen LogP contribution in [0, 0.1) is 0 Å². The van der Waals surface area contributed by atoms with E-state index in [0.717, 1.165) is 5.56 Å². The highest BCUT2D eigenvalue weighted by Crippen LogP contribution is 2.18. The number of amides is 1. The van der Waals surface area contributed by atoms with Crippen molar-refractivity contribution in [3.8, 4) is 0 Å². The van der Waals surface area contributed by atoms with E-state index in [4.69, 9.17) is 11.6 Å². The Kier molecular flexibility index (Phi) is 5.31. The molecule has 0 saturated heterocycles. The van der Waals surface area contributed by atoms with Gasteiger partial charge in [-0.15, -0.1) is 0 Å². The van der Waals surface area contributed by atoms with Gasteiger partial charge in [0.2, 0.25) is 5.91 Å². The van der Waals surface area contributed by atoms with Crippen molar-refractivity contribution >= 4 is 29.4 Å². The summed E-state index contributed by atoms with van der Waals surface area (Å²) in [5.41, 5.74) is -0.428. The molecule has 0 bridgehead atoms. The molecule has 0 saturated carbocycles. The van der Waals surface area contributed by atoms with Crippen LogP contribution in [0.15, 0.2) is 54.6 Å². The summed E-state index contributed by atoms with van der Waals surface area (Å²) in [7, 11) is 0. The molecule has 0 atom stereocenters. The Labute approximate surface area is 133 Å². The Morgan fingerprint density at radius 2 is 1.95 bits per heavy atom. The maximum Gasteiger partial charge on any atom is 0.244 e. The van der Waals surface area contributed by atoms with Crippen molar-refractivity contribution in [1.82, 2.24) is 5.32 Å². The number of nitrogens with one attached hydrogen (secondary N) is 1. The molecule has 0 fully saturated rings. The van der Waals surface area contributed by atoms with Gasteiger partial charge >= 0.3 is 0 Å². The summed E-state index contributed by atoms with van der Waals surface area (Å²) in [6.07, 6.45) is 8.81. The van der Waals surface area contributed by atoms with E-state index in [1.165, 1.54) is 30.4 Å². The van der Waals surface area contributed by atoms with Crippen LogP contribution in [0.25, 0.3) is 6.08 Å².